The molecule has 0 spiro atoms. The molecule has 0 saturated carbocycles. The van der Waals surface area contributed by atoms with Crippen molar-refractivity contribution in [1.29, 1.82) is 0 Å². The van der Waals surface area contributed by atoms with E-state index in [1.165, 1.54) is 12.1 Å². The summed E-state index contributed by atoms with van der Waals surface area (Å²) in [5.74, 6) is -0.752. The minimum Gasteiger partial charge on any atom is -0.493 e. The highest BCUT2D eigenvalue weighted by atomic mass is 16.5. The van der Waals surface area contributed by atoms with Crippen LogP contribution in [0.2, 0.25) is 0 Å². The van der Waals surface area contributed by atoms with Crippen LogP contribution in [0.5, 0.6) is 5.75 Å². The number of para-hydroxylation sites is 1. The number of nitrogens with one attached hydrogen (secondary N) is 1. The second-order valence-corrected chi connectivity index (χ2v) is 5.03. The fraction of sp³-hybridized carbons (Fsp3) is 0.222. The molecule has 1 amide bonds. The lowest BCUT2D eigenvalue weighted by molar-refractivity contribution is 0.0696. The molecule has 0 saturated heterocycles. The molecule has 2 rings (SSSR count). The van der Waals surface area contributed by atoms with Gasteiger partial charge < -0.3 is 15.2 Å². The number of hydrogen-bond acceptors (Lipinski definition) is 3. The molecular weight excluding hydrogens is 294 g/mol. The fourth-order valence-electron chi connectivity index (χ4n) is 2.00. The summed E-state index contributed by atoms with van der Waals surface area (Å²) >= 11 is 0. The second-order valence-electron chi connectivity index (χ2n) is 5.03. The summed E-state index contributed by atoms with van der Waals surface area (Å²) in [7, 11) is 0. The lowest BCUT2D eigenvalue weighted by Gasteiger charge is -2.11. The van der Waals surface area contributed by atoms with E-state index in [1.54, 1.807) is 30.3 Å². The Hall–Kier alpha value is -2.82. The van der Waals surface area contributed by atoms with Gasteiger partial charge in [-0.05, 0) is 42.8 Å². The van der Waals surface area contributed by atoms with Gasteiger partial charge in [0.1, 0.15) is 5.75 Å². The lowest BCUT2D eigenvalue weighted by Crippen LogP contribution is -2.14. The monoisotopic (exact) mass is 313 g/mol. The Bertz CT molecular complexity index is 680. The van der Waals surface area contributed by atoms with Crippen LogP contribution >= 0.6 is 0 Å². The average Bonchev–Trinajstić information content (AvgIpc) is 2.56. The van der Waals surface area contributed by atoms with Gasteiger partial charge >= 0.3 is 5.97 Å². The number of rotatable bonds is 7. The molecule has 23 heavy (non-hydrogen) atoms. The molecule has 0 heterocycles. The molecule has 5 heteroatoms. The first-order valence-electron chi connectivity index (χ1n) is 7.48. The average molecular weight is 313 g/mol. The predicted molar refractivity (Wildman–Crippen MR) is 88.2 cm³/mol. The number of hydrogen-bond donors (Lipinski definition) is 2. The van der Waals surface area contributed by atoms with E-state index in [0.29, 0.717) is 23.6 Å². The Labute approximate surface area is 134 Å². The molecule has 0 unspecified atom stereocenters. The largest absolute Gasteiger partial charge is 0.493 e. The number of aromatic carboxylic acids is 1. The van der Waals surface area contributed by atoms with Gasteiger partial charge in [-0.2, -0.15) is 0 Å². The number of carboxylic acid groups (broad SMARTS) is 1. The van der Waals surface area contributed by atoms with Crippen LogP contribution in [-0.4, -0.2) is 23.6 Å². The number of carbonyl (C=O) groups excluding carboxylic acids is 1. The Morgan fingerprint density at radius 1 is 1.09 bits per heavy atom. The van der Waals surface area contributed by atoms with Crippen molar-refractivity contribution in [3.8, 4) is 5.75 Å². The van der Waals surface area contributed by atoms with Crippen molar-refractivity contribution < 1.29 is 19.4 Å². The minimum atomic E-state index is -1.00. The van der Waals surface area contributed by atoms with Gasteiger partial charge in [-0.3, -0.25) is 4.79 Å². The van der Waals surface area contributed by atoms with Crippen LogP contribution in [-0.2, 0) is 0 Å². The quantitative estimate of drug-likeness (QED) is 0.762. The Balaban J connectivity index is 2.09. The third kappa shape index (κ3) is 4.57. The van der Waals surface area contributed by atoms with Crippen LogP contribution < -0.4 is 10.1 Å². The first kappa shape index (κ1) is 16.5. The summed E-state index contributed by atoms with van der Waals surface area (Å²) in [6.07, 6.45) is 1.94. The first-order valence-corrected chi connectivity index (χ1v) is 7.48. The van der Waals surface area contributed by atoms with Gasteiger partial charge in [0.15, 0.2) is 0 Å². The molecule has 0 aromatic heterocycles. The smallest absolute Gasteiger partial charge is 0.335 e. The van der Waals surface area contributed by atoms with E-state index >= 15 is 0 Å². The molecule has 0 aliphatic heterocycles. The first-order chi connectivity index (χ1) is 11.1. The van der Waals surface area contributed by atoms with Gasteiger partial charge in [0.05, 0.1) is 17.7 Å². The SMILES string of the molecule is CCCCOc1ccccc1C(=O)Nc1ccc(C(=O)O)cc1. The van der Waals surface area contributed by atoms with Crippen molar-refractivity contribution in [2.24, 2.45) is 0 Å². The minimum absolute atomic E-state index is 0.172. The normalized spacial score (nSPS) is 10.1. The van der Waals surface area contributed by atoms with Crippen LogP contribution in [0, 0.1) is 0 Å². The van der Waals surface area contributed by atoms with Gasteiger partial charge in [-0.15, -0.1) is 0 Å². The summed E-state index contributed by atoms with van der Waals surface area (Å²) in [5, 5.41) is 11.6. The lowest BCUT2D eigenvalue weighted by atomic mass is 10.1. The number of ether oxygens (including phenoxy) is 1. The zero-order valence-electron chi connectivity index (χ0n) is 12.9. The highest BCUT2D eigenvalue weighted by Crippen LogP contribution is 2.20. The van der Waals surface area contributed by atoms with Crippen LogP contribution in [0.25, 0.3) is 0 Å². The Morgan fingerprint density at radius 3 is 2.43 bits per heavy atom. The van der Waals surface area contributed by atoms with Crippen molar-refractivity contribution in [2.45, 2.75) is 19.8 Å². The van der Waals surface area contributed by atoms with E-state index in [1.807, 2.05) is 6.07 Å². The highest BCUT2D eigenvalue weighted by Gasteiger charge is 2.12. The molecule has 2 aromatic rings. The third-order valence-electron chi connectivity index (χ3n) is 3.28. The van der Waals surface area contributed by atoms with E-state index in [4.69, 9.17) is 9.84 Å². The van der Waals surface area contributed by atoms with Gasteiger partial charge in [0.25, 0.3) is 5.91 Å². The van der Waals surface area contributed by atoms with Crippen LogP contribution in [0.15, 0.2) is 48.5 Å². The highest BCUT2D eigenvalue weighted by molar-refractivity contribution is 6.06. The van der Waals surface area contributed by atoms with Crippen molar-refractivity contribution in [3.05, 3.63) is 59.7 Å². The number of anilines is 1. The topological polar surface area (TPSA) is 75.6 Å². The summed E-state index contributed by atoms with van der Waals surface area (Å²) in [4.78, 5) is 23.2. The molecule has 120 valence electrons. The van der Waals surface area contributed by atoms with E-state index < -0.39 is 5.97 Å². The van der Waals surface area contributed by atoms with Crippen LogP contribution in [0.4, 0.5) is 5.69 Å². The maximum absolute atomic E-state index is 12.4. The van der Waals surface area contributed by atoms with Crippen molar-refractivity contribution in [2.75, 3.05) is 11.9 Å². The van der Waals surface area contributed by atoms with E-state index in [2.05, 4.69) is 12.2 Å². The zero-order valence-corrected chi connectivity index (χ0v) is 12.9. The Kier molecular flexibility index (Phi) is 5.74. The zero-order chi connectivity index (χ0) is 16.7. The molecule has 0 bridgehead atoms. The van der Waals surface area contributed by atoms with Crippen LogP contribution in [0.3, 0.4) is 0 Å². The summed E-state index contributed by atoms with van der Waals surface area (Å²) in [6.45, 7) is 2.64. The predicted octanol–water partition coefficient (Wildman–Crippen LogP) is 3.82. The number of amides is 1. The molecule has 0 radical (unpaired) electrons. The molecular formula is C18H19NO4. The van der Waals surface area contributed by atoms with E-state index in [0.717, 1.165) is 12.8 Å². The second kappa shape index (κ2) is 7.98. The molecule has 0 aliphatic carbocycles. The van der Waals surface area contributed by atoms with Crippen molar-refractivity contribution in [3.63, 3.8) is 0 Å². The molecule has 5 nitrogen and oxygen atoms in total. The van der Waals surface area contributed by atoms with E-state index in [9.17, 15) is 9.59 Å². The number of unbranched alkanes of at least 4 members (excludes halogenated alkanes) is 1. The molecule has 0 atom stereocenters. The van der Waals surface area contributed by atoms with Gasteiger partial charge in [-0.1, -0.05) is 25.5 Å². The molecule has 2 aromatic carbocycles. The fourth-order valence-corrected chi connectivity index (χ4v) is 2.00. The Morgan fingerprint density at radius 2 is 1.78 bits per heavy atom. The number of carboxylic acids is 1. The summed E-state index contributed by atoms with van der Waals surface area (Å²) < 4.78 is 5.65. The number of carbonyl (C=O) groups is 2. The van der Waals surface area contributed by atoms with Crippen LogP contribution in [0.1, 0.15) is 40.5 Å². The molecule has 0 aliphatic rings. The van der Waals surface area contributed by atoms with Gasteiger partial charge in [0, 0.05) is 5.69 Å². The van der Waals surface area contributed by atoms with Gasteiger partial charge in [0.2, 0.25) is 0 Å². The molecule has 2 N–H and O–H groups in total. The molecule has 0 fully saturated rings. The number of benzene rings is 2. The maximum Gasteiger partial charge on any atom is 0.335 e. The van der Waals surface area contributed by atoms with Gasteiger partial charge in [-0.25, -0.2) is 4.79 Å². The standard InChI is InChI=1S/C18H19NO4/c1-2-3-12-23-16-7-5-4-6-15(16)17(20)19-14-10-8-13(9-11-14)18(21)22/h4-11H,2-3,12H2,1H3,(H,19,20)(H,21,22). The summed E-state index contributed by atoms with van der Waals surface area (Å²) in [5.41, 5.74) is 1.15. The third-order valence-corrected chi connectivity index (χ3v) is 3.28. The summed E-state index contributed by atoms with van der Waals surface area (Å²) in [6, 6.07) is 13.1. The van der Waals surface area contributed by atoms with Crippen molar-refractivity contribution in [1.82, 2.24) is 0 Å². The van der Waals surface area contributed by atoms with E-state index in [-0.39, 0.29) is 11.5 Å². The maximum atomic E-state index is 12.4. The van der Waals surface area contributed by atoms with Crippen molar-refractivity contribution >= 4 is 17.6 Å².